The highest BCUT2D eigenvalue weighted by Gasteiger charge is 2.16. The molecule has 3 heteroatoms. The number of aryl methyl sites for hydroxylation is 1. The normalized spacial score (nSPS) is 12.6. The lowest BCUT2D eigenvalue weighted by atomic mass is 10.1. The minimum atomic E-state index is -0.714. The first-order valence-electron chi connectivity index (χ1n) is 7.53. The summed E-state index contributed by atoms with van der Waals surface area (Å²) in [6.07, 6.45) is 3.52. The van der Waals surface area contributed by atoms with Crippen LogP contribution in [0.1, 0.15) is 44.2 Å². The zero-order valence-corrected chi connectivity index (χ0v) is 12.9. The molecule has 1 unspecified atom stereocenters. The summed E-state index contributed by atoms with van der Waals surface area (Å²) in [6, 6.07) is 8.49. The van der Waals surface area contributed by atoms with E-state index in [0.29, 0.717) is 6.54 Å². The number of unbranched alkanes of at least 4 members (excludes halogenated alkanes) is 2. The average molecular weight is 277 g/mol. The number of benzene rings is 1. The zero-order valence-electron chi connectivity index (χ0n) is 12.9. The minimum absolute atomic E-state index is 0.318. The van der Waals surface area contributed by atoms with E-state index in [1.165, 1.54) is 24.0 Å². The second-order valence-electron chi connectivity index (χ2n) is 5.67. The number of carboxylic acid groups (broad SMARTS) is 1. The summed E-state index contributed by atoms with van der Waals surface area (Å²) in [7, 11) is 0. The van der Waals surface area contributed by atoms with Gasteiger partial charge in [0.15, 0.2) is 0 Å². The molecule has 0 aromatic heterocycles. The first kappa shape index (κ1) is 16.7. The number of aliphatic carboxylic acids is 1. The van der Waals surface area contributed by atoms with Crippen LogP contribution in [0.5, 0.6) is 0 Å². The third kappa shape index (κ3) is 6.20. The quantitative estimate of drug-likeness (QED) is 0.700. The highest BCUT2D eigenvalue weighted by atomic mass is 16.4. The van der Waals surface area contributed by atoms with Gasteiger partial charge in [0.05, 0.1) is 5.92 Å². The first-order chi connectivity index (χ1) is 9.52. The van der Waals surface area contributed by atoms with Crippen molar-refractivity contribution in [2.24, 2.45) is 5.92 Å². The van der Waals surface area contributed by atoms with E-state index in [1.54, 1.807) is 6.92 Å². The minimum Gasteiger partial charge on any atom is -0.481 e. The van der Waals surface area contributed by atoms with Gasteiger partial charge in [-0.05, 0) is 25.5 Å². The molecule has 0 fully saturated rings. The Balaban J connectivity index is 2.60. The van der Waals surface area contributed by atoms with E-state index in [0.717, 1.165) is 19.5 Å². The summed E-state index contributed by atoms with van der Waals surface area (Å²) in [6.45, 7) is 8.47. The number of nitrogens with zero attached hydrogens (tertiary/aromatic N) is 1. The Bertz CT molecular complexity index is 400. The van der Waals surface area contributed by atoms with Gasteiger partial charge < -0.3 is 5.11 Å². The van der Waals surface area contributed by atoms with Crippen molar-refractivity contribution in [3.8, 4) is 0 Å². The molecule has 1 atom stereocenters. The van der Waals surface area contributed by atoms with Crippen LogP contribution < -0.4 is 0 Å². The maximum atomic E-state index is 11.0. The van der Waals surface area contributed by atoms with Gasteiger partial charge in [-0.2, -0.15) is 0 Å². The molecule has 1 N–H and O–H groups in total. The highest BCUT2D eigenvalue weighted by Crippen LogP contribution is 2.11. The largest absolute Gasteiger partial charge is 0.481 e. The molecule has 0 saturated heterocycles. The summed E-state index contributed by atoms with van der Waals surface area (Å²) < 4.78 is 0. The predicted octanol–water partition coefficient (Wildman–Crippen LogP) is 3.71. The molecule has 1 rings (SSSR count). The number of hydrogen-bond donors (Lipinski definition) is 1. The van der Waals surface area contributed by atoms with Crippen molar-refractivity contribution in [1.82, 2.24) is 4.90 Å². The van der Waals surface area contributed by atoms with E-state index in [9.17, 15) is 4.79 Å². The molecule has 0 heterocycles. The van der Waals surface area contributed by atoms with Crippen LogP contribution in [0.2, 0.25) is 0 Å². The van der Waals surface area contributed by atoms with Crippen molar-refractivity contribution in [3.63, 3.8) is 0 Å². The van der Waals surface area contributed by atoms with Crippen LogP contribution in [0, 0.1) is 12.8 Å². The van der Waals surface area contributed by atoms with Crippen LogP contribution in [0.4, 0.5) is 0 Å². The number of hydrogen-bond acceptors (Lipinski definition) is 2. The Kier molecular flexibility index (Phi) is 7.31. The Morgan fingerprint density at radius 1 is 1.25 bits per heavy atom. The Morgan fingerprint density at radius 2 is 1.90 bits per heavy atom. The standard InChI is InChI=1S/C17H27NO2/c1-4-5-6-11-18(12-15(3)17(19)20)13-16-9-7-14(2)8-10-16/h7-10,15H,4-6,11-13H2,1-3H3,(H,19,20). The van der Waals surface area contributed by atoms with Crippen molar-refractivity contribution >= 4 is 5.97 Å². The van der Waals surface area contributed by atoms with E-state index in [4.69, 9.17) is 5.11 Å². The Morgan fingerprint density at radius 3 is 2.45 bits per heavy atom. The first-order valence-corrected chi connectivity index (χ1v) is 7.53. The van der Waals surface area contributed by atoms with Gasteiger partial charge in [0.2, 0.25) is 0 Å². The van der Waals surface area contributed by atoms with Crippen molar-refractivity contribution in [3.05, 3.63) is 35.4 Å². The van der Waals surface area contributed by atoms with Crippen LogP contribution in [0.3, 0.4) is 0 Å². The molecule has 1 aromatic carbocycles. The van der Waals surface area contributed by atoms with Crippen LogP contribution in [0.25, 0.3) is 0 Å². The van der Waals surface area contributed by atoms with Gasteiger partial charge in [-0.15, -0.1) is 0 Å². The van der Waals surface area contributed by atoms with E-state index in [2.05, 4.69) is 43.0 Å². The van der Waals surface area contributed by atoms with Crippen LogP contribution in [-0.2, 0) is 11.3 Å². The highest BCUT2D eigenvalue weighted by molar-refractivity contribution is 5.69. The molecule has 0 bridgehead atoms. The van der Waals surface area contributed by atoms with Crippen molar-refractivity contribution in [2.45, 2.75) is 46.6 Å². The van der Waals surface area contributed by atoms with Crippen molar-refractivity contribution < 1.29 is 9.90 Å². The third-order valence-electron chi connectivity index (χ3n) is 3.56. The van der Waals surface area contributed by atoms with E-state index in [1.807, 2.05) is 0 Å². The van der Waals surface area contributed by atoms with Crippen molar-refractivity contribution in [2.75, 3.05) is 13.1 Å². The van der Waals surface area contributed by atoms with Crippen LogP contribution in [0.15, 0.2) is 24.3 Å². The lowest BCUT2D eigenvalue weighted by molar-refractivity contribution is -0.141. The monoisotopic (exact) mass is 277 g/mol. The molecule has 0 spiro atoms. The molecular formula is C17H27NO2. The summed E-state index contributed by atoms with van der Waals surface area (Å²) in [5.41, 5.74) is 2.51. The summed E-state index contributed by atoms with van der Waals surface area (Å²) in [5.74, 6) is -1.03. The van der Waals surface area contributed by atoms with Gasteiger partial charge >= 0.3 is 5.97 Å². The average Bonchev–Trinajstić information content (AvgIpc) is 2.41. The number of rotatable bonds is 9. The Labute approximate surface area is 122 Å². The predicted molar refractivity (Wildman–Crippen MR) is 82.8 cm³/mol. The third-order valence-corrected chi connectivity index (χ3v) is 3.56. The van der Waals surface area contributed by atoms with E-state index in [-0.39, 0.29) is 5.92 Å². The fraction of sp³-hybridized carbons (Fsp3) is 0.588. The van der Waals surface area contributed by atoms with E-state index >= 15 is 0 Å². The number of carboxylic acids is 1. The van der Waals surface area contributed by atoms with Gasteiger partial charge in [0, 0.05) is 13.1 Å². The fourth-order valence-electron chi connectivity index (χ4n) is 2.24. The SMILES string of the molecule is CCCCCN(Cc1ccc(C)cc1)CC(C)C(=O)O. The molecule has 0 amide bonds. The van der Waals surface area contributed by atoms with Crippen molar-refractivity contribution in [1.29, 1.82) is 0 Å². The van der Waals surface area contributed by atoms with Gasteiger partial charge in [-0.25, -0.2) is 0 Å². The topological polar surface area (TPSA) is 40.5 Å². The maximum Gasteiger partial charge on any atom is 0.307 e. The second-order valence-corrected chi connectivity index (χ2v) is 5.67. The fourth-order valence-corrected chi connectivity index (χ4v) is 2.24. The molecule has 1 aromatic rings. The van der Waals surface area contributed by atoms with E-state index < -0.39 is 5.97 Å². The molecule has 0 aliphatic carbocycles. The van der Waals surface area contributed by atoms with Gasteiger partial charge in [-0.3, -0.25) is 9.69 Å². The summed E-state index contributed by atoms with van der Waals surface area (Å²) >= 11 is 0. The lowest BCUT2D eigenvalue weighted by Gasteiger charge is -2.24. The maximum absolute atomic E-state index is 11.0. The lowest BCUT2D eigenvalue weighted by Crippen LogP contribution is -2.32. The molecule has 0 radical (unpaired) electrons. The summed E-state index contributed by atoms with van der Waals surface area (Å²) in [4.78, 5) is 13.3. The molecule has 0 aliphatic heterocycles. The molecule has 112 valence electrons. The van der Waals surface area contributed by atoms with Crippen LogP contribution >= 0.6 is 0 Å². The second kappa shape index (κ2) is 8.75. The van der Waals surface area contributed by atoms with Gasteiger partial charge in [-0.1, -0.05) is 56.5 Å². The van der Waals surface area contributed by atoms with Crippen LogP contribution in [-0.4, -0.2) is 29.1 Å². The molecule has 20 heavy (non-hydrogen) atoms. The summed E-state index contributed by atoms with van der Waals surface area (Å²) in [5, 5.41) is 9.08. The zero-order chi connectivity index (χ0) is 15.0. The molecular weight excluding hydrogens is 250 g/mol. The molecule has 0 aliphatic rings. The van der Waals surface area contributed by atoms with Gasteiger partial charge in [0.1, 0.15) is 0 Å². The van der Waals surface area contributed by atoms with Gasteiger partial charge in [0.25, 0.3) is 0 Å². The molecule has 3 nitrogen and oxygen atoms in total. The number of carbonyl (C=O) groups is 1. The molecule has 0 saturated carbocycles. The Hall–Kier alpha value is -1.35. The smallest absolute Gasteiger partial charge is 0.307 e.